The van der Waals surface area contributed by atoms with Gasteiger partial charge in [0.1, 0.15) is 5.75 Å². The van der Waals surface area contributed by atoms with Crippen LogP contribution in [0.15, 0.2) is 57.8 Å². The largest absolute Gasteiger partial charge is 0.497 e. The van der Waals surface area contributed by atoms with Crippen LogP contribution in [0.3, 0.4) is 0 Å². The van der Waals surface area contributed by atoms with Gasteiger partial charge in [-0.25, -0.2) is 4.79 Å². The Balaban J connectivity index is 1.52. The van der Waals surface area contributed by atoms with Crippen LogP contribution in [-0.2, 0) is 11.4 Å². The van der Waals surface area contributed by atoms with Crippen LogP contribution >= 0.6 is 0 Å². The van der Waals surface area contributed by atoms with Gasteiger partial charge in [-0.05, 0) is 42.0 Å². The van der Waals surface area contributed by atoms with Crippen LogP contribution in [0.5, 0.6) is 5.75 Å². The lowest BCUT2D eigenvalue weighted by Gasteiger charge is -2.26. The topological polar surface area (TPSA) is 73.9 Å². The van der Waals surface area contributed by atoms with E-state index in [4.69, 9.17) is 13.9 Å². The molecule has 2 aromatic carbocycles. The zero-order valence-electron chi connectivity index (χ0n) is 16.2. The van der Waals surface area contributed by atoms with Crippen molar-refractivity contribution in [3.05, 3.63) is 70.2 Å². The SMILES string of the molecule is COc1ccc(/C=C/C(=O)c2ccc3c(c2)oc(=O)n3CN2CCOCC2)cc1. The van der Waals surface area contributed by atoms with Crippen LogP contribution in [0.4, 0.5) is 0 Å². The maximum absolute atomic E-state index is 12.5. The minimum atomic E-state index is -0.426. The van der Waals surface area contributed by atoms with Gasteiger partial charge in [0.05, 0.1) is 32.5 Å². The first-order valence-corrected chi connectivity index (χ1v) is 9.44. The standard InChI is InChI=1S/C22H22N2O5/c1-27-18-6-2-16(3-7-18)4-9-20(25)17-5-8-19-21(14-17)29-22(26)24(19)15-23-10-12-28-13-11-23/h2-9,14H,10-13,15H2,1H3/b9-4+. The van der Waals surface area contributed by atoms with Gasteiger partial charge in [-0.2, -0.15) is 0 Å². The van der Waals surface area contributed by atoms with Gasteiger partial charge in [-0.1, -0.05) is 18.2 Å². The van der Waals surface area contributed by atoms with E-state index in [1.54, 1.807) is 36.0 Å². The van der Waals surface area contributed by atoms with E-state index in [1.807, 2.05) is 24.3 Å². The number of ketones is 1. The zero-order valence-corrected chi connectivity index (χ0v) is 16.2. The van der Waals surface area contributed by atoms with Crippen LogP contribution < -0.4 is 10.5 Å². The Morgan fingerprint density at radius 3 is 2.62 bits per heavy atom. The lowest BCUT2D eigenvalue weighted by molar-refractivity contribution is 0.0230. The number of carbonyl (C=O) groups is 1. The third kappa shape index (κ3) is 4.31. The Bertz CT molecular complexity index is 1090. The monoisotopic (exact) mass is 394 g/mol. The fourth-order valence-electron chi connectivity index (χ4n) is 3.28. The molecule has 0 unspecified atom stereocenters. The molecule has 150 valence electrons. The van der Waals surface area contributed by atoms with Gasteiger partial charge >= 0.3 is 5.76 Å². The van der Waals surface area contributed by atoms with Crippen molar-refractivity contribution in [3.8, 4) is 5.75 Å². The maximum atomic E-state index is 12.5. The Hall–Kier alpha value is -3.16. The molecular formula is C22H22N2O5. The molecule has 4 rings (SSSR count). The molecule has 7 heteroatoms. The summed E-state index contributed by atoms with van der Waals surface area (Å²) in [6, 6.07) is 12.5. The Labute approximate surface area is 167 Å². The van der Waals surface area contributed by atoms with E-state index in [0.29, 0.717) is 36.5 Å². The van der Waals surface area contributed by atoms with Crippen molar-refractivity contribution in [2.75, 3.05) is 33.4 Å². The summed E-state index contributed by atoms with van der Waals surface area (Å²) in [4.78, 5) is 27.0. The van der Waals surface area contributed by atoms with Gasteiger partial charge in [0.15, 0.2) is 11.4 Å². The second-order valence-corrected chi connectivity index (χ2v) is 6.82. The molecule has 1 aliphatic heterocycles. The summed E-state index contributed by atoms with van der Waals surface area (Å²) in [5.74, 6) is 0.173. The molecule has 1 aromatic heterocycles. The van der Waals surface area contributed by atoms with E-state index < -0.39 is 5.76 Å². The van der Waals surface area contributed by atoms with Crippen LogP contribution in [0.2, 0.25) is 0 Å². The van der Waals surface area contributed by atoms with E-state index in [2.05, 4.69) is 4.90 Å². The molecule has 0 spiro atoms. The summed E-state index contributed by atoms with van der Waals surface area (Å²) in [5.41, 5.74) is 2.45. The first kappa shape index (κ1) is 19.2. The number of aromatic nitrogens is 1. The number of morpholine rings is 1. The second-order valence-electron chi connectivity index (χ2n) is 6.82. The second kappa shape index (κ2) is 8.46. The molecule has 1 fully saturated rings. The molecule has 1 saturated heterocycles. The Morgan fingerprint density at radius 1 is 1.14 bits per heavy atom. The van der Waals surface area contributed by atoms with Gasteiger partial charge < -0.3 is 13.9 Å². The fraction of sp³-hybridized carbons (Fsp3) is 0.273. The number of hydrogen-bond acceptors (Lipinski definition) is 6. The molecule has 29 heavy (non-hydrogen) atoms. The molecule has 0 saturated carbocycles. The highest BCUT2D eigenvalue weighted by Crippen LogP contribution is 2.18. The number of allylic oxidation sites excluding steroid dienone is 1. The van der Waals surface area contributed by atoms with Crippen LogP contribution in [0.25, 0.3) is 17.2 Å². The van der Waals surface area contributed by atoms with Crippen molar-refractivity contribution in [1.29, 1.82) is 0 Å². The number of ether oxygens (including phenoxy) is 2. The van der Waals surface area contributed by atoms with Crippen molar-refractivity contribution in [2.45, 2.75) is 6.67 Å². The van der Waals surface area contributed by atoms with Gasteiger partial charge in [0.2, 0.25) is 0 Å². The summed E-state index contributed by atoms with van der Waals surface area (Å²) in [5, 5.41) is 0. The Morgan fingerprint density at radius 2 is 1.90 bits per heavy atom. The van der Waals surface area contributed by atoms with E-state index in [9.17, 15) is 9.59 Å². The third-order valence-electron chi connectivity index (χ3n) is 4.94. The highest BCUT2D eigenvalue weighted by atomic mass is 16.5. The van der Waals surface area contributed by atoms with Crippen molar-refractivity contribution in [3.63, 3.8) is 0 Å². The van der Waals surface area contributed by atoms with Crippen LogP contribution in [0.1, 0.15) is 15.9 Å². The minimum absolute atomic E-state index is 0.161. The van der Waals surface area contributed by atoms with Crippen molar-refractivity contribution in [2.24, 2.45) is 0 Å². The number of carbonyl (C=O) groups excluding carboxylic acids is 1. The lowest BCUT2D eigenvalue weighted by Crippen LogP contribution is -2.39. The molecular weight excluding hydrogens is 372 g/mol. The summed E-state index contributed by atoms with van der Waals surface area (Å²) in [6.45, 7) is 3.30. The molecule has 0 bridgehead atoms. The molecule has 0 N–H and O–H groups in total. The first-order valence-electron chi connectivity index (χ1n) is 9.44. The number of methoxy groups -OCH3 is 1. The zero-order chi connectivity index (χ0) is 20.2. The highest BCUT2D eigenvalue weighted by molar-refractivity contribution is 6.08. The number of rotatable bonds is 6. The van der Waals surface area contributed by atoms with E-state index in [1.165, 1.54) is 6.08 Å². The summed E-state index contributed by atoms with van der Waals surface area (Å²) >= 11 is 0. The predicted molar refractivity (Wildman–Crippen MR) is 109 cm³/mol. The van der Waals surface area contributed by atoms with Gasteiger partial charge in [0.25, 0.3) is 0 Å². The van der Waals surface area contributed by atoms with E-state index in [-0.39, 0.29) is 5.78 Å². The van der Waals surface area contributed by atoms with Crippen LogP contribution in [-0.4, -0.2) is 48.7 Å². The molecule has 1 aliphatic rings. The number of hydrogen-bond donors (Lipinski definition) is 0. The summed E-state index contributed by atoms with van der Waals surface area (Å²) in [7, 11) is 1.61. The highest BCUT2D eigenvalue weighted by Gasteiger charge is 2.16. The average Bonchev–Trinajstić information content (AvgIpc) is 3.07. The minimum Gasteiger partial charge on any atom is -0.497 e. The normalized spacial score (nSPS) is 15.2. The summed E-state index contributed by atoms with van der Waals surface area (Å²) < 4.78 is 17.4. The van der Waals surface area contributed by atoms with Gasteiger partial charge in [0, 0.05) is 18.7 Å². The van der Waals surface area contributed by atoms with Crippen molar-refractivity contribution < 1.29 is 18.7 Å². The van der Waals surface area contributed by atoms with Gasteiger partial charge in [-0.15, -0.1) is 0 Å². The smallest absolute Gasteiger partial charge is 0.421 e. The van der Waals surface area contributed by atoms with Crippen molar-refractivity contribution in [1.82, 2.24) is 9.47 Å². The quantitative estimate of drug-likeness (QED) is 0.473. The number of nitrogens with zero attached hydrogens (tertiary/aromatic N) is 2. The molecule has 2 heterocycles. The predicted octanol–water partition coefficient (Wildman–Crippen LogP) is 2.79. The third-order valence-corrected chi connectivity index (χ3v) is 4.94. The molecule has 7 nitrogen and oxygen atoms in total. The Kier molecular flexibility index (Phi) is 5.59. The van der Waals surface area contributed by atoms with E-state index >= 15 is 0 Å². The fourth-order valence-corrected chi connectivity index (χ4v) is 3.28. The molecule has 3 aromatic rings. The number of fused-ring (bicyclic) bond motifs is 1. The van der Waals surface area contributed by atoms with Crippen LogP contribution in [0, 0.1) is 0 Å². The number of oxazole rings is 1. The van der Waals surface area contributed by atoms with E-state index in [0.717, 1.165) is 24.4 Å². The molecule has 0 radical (unpaired) electrons. The number of benzene rings is 2. The average molecular weight is 394 g/mol. The maximum Gasteiger partial charge on any atom is 0.421 e. The molecule has 0 amide bonds. The lowest BCUT2D eigenvalue weighted by atomic mass is 10.1. The van der Waals surface area contributed by atoms with Gasteiger partial charge in [-0.3, -0.25) is 14.3 Å². The molecule has 0 aliphatic carbocycles. The summed E-state index contributed by atoms with van der Waals surface area (Å²) in [6.07, 6.45) is 3.25. The molecule has 0 atom stereocenters. The first-order chi connectivity index (χ1) is 14.1. The van der Waals surface area contributed by atoms with Crippen molar-refractivity contribution >= 4 is 23.0 Å².